The zero-order valence-corrected chi connectivity index (χ0v) is 14.7. The molecule has 0 bridgehead atoms. The van der Waals surface area contributed by atoms with Crippen LogP contribution in [0.5, 0.6) is 0 Å². The lowest BCUT2D eigenvalue weighted by Gasteiger charge is -2.28. The molecule has 0 aliphatic heterocycles. The topological polar surface area (TPSA) is 9.23 Å². The zero-order valence-electron chi connectivity index (χ0n) is 13.9. The van der Waals surface area contributed by atoms with Crippen LogP contribution in [-0.2, 0) is 10.8 Å². The van der Waals surface area contributed by atoms with Crippen LogP contribution < -0.4 is 0 Å². The van der Waals surface area contributed by atoms with Crippen LogP contribution in [0.1, 0.15) is 56.1 Å². The van der Waals surface area contributed by atoms with Crippen LogP contribution in [0, 0.1) is 5.92 Å². The Bertz CT molecular complexity index is 571. The maximum absolute atomic E-state index is 5.74. The summed E-state index contributed by atoms with van der Waals surface area (Å²) in [5, 5.41) is 0. The van der Waals surface area contributed by atoms with Gasteiger partial charge in [-0.25, -0.2) is 0 Å². The van der Waals surface area contributed by atoms with Crippen LogP contribution in [0.25, 0.3) is 0 Å². The summed E-state index contributed by atoms with van der Waals surface area (Å²) in [4.78, 5) is 1.15. The Morgan fingerprint density at radius 2 is 1.61 bits per heavy atom. The minimum atomic E-state index is 0.655. The van der Waals surface area contributed by atoms with E-state index in [0.717, 1.165) is 16.7 Å². The van der Waals surface area contributed by atoms with Gasteiger partial charge in [0.2, 0.25) is 0 Å². The van der Waals surface area contributed by atoms with Crippen molar-refractivity contribution in [2.45, 2.75) is 56.4 Å². The van der Waals surface area contributed by atoms with Crippen LogP contribution in [0.2, 0.25) is 0 Å². The maximum Gasteiger partial charge on any atom is 0.0869 e. The first-order valence-electron chi connectivity index (χ1n) is 8.78. The summed E-state index contributed by atoms with van der Waals surface area (Å²) in [5.74, 6) is 1.74. The van der Waals surface area contributed by atoms with E-state index in [2.05, 4.69) is 43.3 Å². The Hall–Kier alpha value is -1.25. The Morgan fingerprint density at radius 3 is 2.26 bits per heavy atom. The molecule has 1 nitrogen and oxygen atoms in total. The highest BCUT2D eigenvalue weighted by Gasteiger charge is 2.20. The van der Waals surface area contributed by atoms with Crippen molar-refractivity contribution in [3.05, 3.63) is 65.7 Å². The highest BCUT2D eigenvalue weighted by atomic mass is 32.2. The molecule has 0 aromatic heterocycles. The third-order valence-corrected chi connectivity index (χ3v) is 5.70. The average molecular weight is 327 g/mol. The molecule has 23 heavy (non-hydrogen) atoms. The van der Waals surface area contributed by atoms with Crippen LogP contribution >= 0.6 is 12.0 Å². The van der Waals surface area contributed by atoms with Gasteiger partial charge >= 0.3 is 0 Å². The normalized spacial score (nSPS) is 21.3. The smallest absolute Gasteiger partial charge is 0.0869 e. The molecule has 0 unspecified atom stereocenters. The molecule has 2 heteroatoms. The molecule has 0 N–H and O–H groups in total. The Kier molecular flexibility index (Phi) is 6.18. The minimum Gasteiger partial charge on any atom is -0.305 e. The van der Waals surface area contributed by atoms with E-state index in [0.29, 0.717) is 6.61 Å². The van der Waals surface area contributed by atoms with E-state index in [4.69, 9.17) is 4.18 Å². The standard InChI is InChI=1S/C21H26OS/c1-2-17-8-12-19(13-9-17)20-14-10-18(11-15-20)16-22-23-21-6-4-3-5-7-21/h3-7,10-11,14-15,17,19H,2,8-9,12-13,16H2,1H3. The number of benzene rings is 2. The molecule has 0 heterocycles. The summed E-state index contributed by atoms with van der Waals surface area (Å²) in [7, 11) is 0. The fourth-order valence-corrected chi connectivity index (χ4v) is 4.03. The molecule has 0 radical (unpaired) electrons. The predicted molar refractivity (Wildman–Crippen MR) is 98.5 cm³/mol. The lowest BCUT2D eigenvalue weighted by Crippen LogP contribution is -2.12. The molecule has 2 aromatic rings. The van der Waals surface area contributed by atoms with Gasteiger partial charge in [0.1, 0.15) is 0 Å². The van der Waals surface area contributed by atoms with Gasteiger partial charge in [-0.2, -0.15) is 0 Å². The molecular formula is C21H26OS. The van der Waals surface area contributed by atoms with Crippen LogP contribution in [0.3, 0.4) is 0 Å². The molecule has 1 aliphatic rings. The Labute approximate surface area is 144 Å². The maximum atomic E-state index is 5.74. The van der Waals surface area contributed by atoms with Crippen molar-refractivity contribution in [2.75, 3.05) is 0 Å². The van der Waals surface area contributed by atoms with E-state index in [1.165, 1.54) is 55.3 Å². The molecule has 0 saturated heterocycles. The third-order valence-electron chi connectivity index (χ3n) is 5.00. The Morgan fingerprint density at radius 1 is 0.913 bits per heavy atom. The van der Waals surface area contributed by atoms with Crippen molar-refractivity contribution in [3.8, 4) is 0 Å². The monoisotopic (exact) mass is 326 g/mol. The van der Waals surface area contributed by atoms with Crippen molar-refractivity contribution < 1.29 is 4.18 Å². The molecule has 2 aromatic carbocycles. The van der Waals surface area contributed by atoms with Gasteiger partial charge in [-0.3, -0.25) is 0 Å². The number of rotatable bonds is 6. The first kappa shape index (κ1) is 16.6. The molecule has 0 amide bonds. The first-order chi connectivity index (χ1) is 11.3. The van der Waals surface area contributed by atoms with Crippen LogP contribution in [-0.4, -0.2) is 0 Å². The third kappa shape index (κ3) is 4.86. The number of hydrogen-bond acceptors (Lipinski definition) is 2. The van der Waals surface area contributed by atoms with Gasteiger partial charge in [-0.1, -0.05) is 55.8 Å². The Balaban J connectivity index is 1.47. The second-order valence-corrected chi connectivity index (χ2v) is 7.40. The van der Waals surface area contributed by atoms with E-state index in [1.807, 2.05) is 18.2 Å². The predicted octanol–water partition coefficient (Wildman–Crippen LogP) is 6.59. The van der Waals surface area contributed by atoms with E-state index < -0.39 is 0 Å². The average Bonchev–Trinajstić information content (AvgIpc) is 2.63. The molecule has 1 saturated carbocycles. The summed E-state index contributed by atoms with van der Waals surface area (Å²) in [5.41, 5.74) is 2.76. The van der Waals surface area contributed by atoms with E-state index in [-0.39, 0.29) is 0 Å². The fourth-order valence-electron chi connectivity index (χ4n) is 3.43. The molecule has 1 fully saturated rings. The largest absolute Gasteiger partial charge is 0.305 e. The highest BCUT2D eigenvalue weighted by molar-refractivity contribution is 7.94. The summed E-state index contributed by atoms with van der Waals surface area (Å²) in [6, 6.07) is 19.3. The van der Waals surface area contributed by atoms with Gasteiger partial charge in [-0.05, 0) is 60.8 Å². The zero-order chi connectivity index (χ0) is 15.9. The number of hydrogen-bond donors (Lipinski definition) is 0. The molecule has 0 atom stereocenters. The highest BCUT2D eigenvalue weighted by Crippen LogP contribution is 2.37. The summed E-state index contributed by atoms with van der Waals surface area (Å²) >= 11 is 1.45. The van der Waals surface area contributed by atoms with Gasteiger partial charge in [0.05, 0.1) is 6.61 Å². The van der Waals surface area contributed by atoms with Crippen molar-refractivity contribution in [1.29, 1.82) is 0 Å². The van der Waals surface area contributed by atoms with E-state index in [1.54, 1.807) is 0 Å². The summed E-state index contributed by atoms with van der Waals surface area (Å²) in [6.45, 7) is 2.98. The summed E-state index contributed by atoms with van der Waals surface area (Å²) < 4.78 is 5.74. The first-order valence-corrected chi connectivity index (χ1v) is 9.52. The quantitative estimate of drug-likeness (QED) is 0.553. The van der Waals surface area contributed by atoms with Crippen molar-refractivity contribution >= 4 is 12.0 Å². The fraction of sp³-hybridized carbons (Fsp3) is 0.429. The molecule has 122 valence electrons. The van der Waals surface area contributed by atoms with Crippen molar-refractivity contribution in [3.63, 3.8) is 0 Å². The molecular weight excluding hydrogens is 300 g/mol. The van der Waals surface area contributed by atoms with Gasteiger partial charge in [0.25, 0.3) is 0 Å². The molecule has 1 aliphatic carbocycles. The van der Waals surface area contributed by atoms with Gasteiger partial charge in [0.15, 0.2) is 0 Å². The molecule has 0 spiro atoms. The van der Waals surface area contributed by atoms with Crippen LogP contribution in [0.15, 0.2) is 59.5 Å². The van der Waals surface area contributed by atoms with Gasteiger partial charge < -0.3 is 4.18 Å². The summed E-state index contributed by atoms with van der Waals surface area (Å²) in [6.07, 6.45) is 6.87. The van der Waals surface area contributed by atoms with Gasteiger partial charge in [-0.15, -0.1) is 0 Å². The van der Waals surface area contributed by atoms with E-state index in [9.17, 15) is 0 Å². The second-order valence-electron chi connectivity index (χ2n) is 6.53. The van der Waals surface area contributed by atoms with Crippen molar-refractivity contribution in [2.24, 2.45) is 5.92 Å². The minimum absolute atomic E-state index is 0.655. The SMILES string of the molecule is CCC1CCC(c2ccc(COSc3ccccc3)cc2)CC1. The van der Waals surface area contributed by atoms with Gasteiger partial charge in [0, 0.05) is 16.9 Å². The van der Waals surface area contributed by atoms with Crippen molar-refractivity contribution in [1.82, 2.24) is 0 Å². The lowest BCUT2D eigenvalue weighted by atomic mass is 9.78. The van der Waals surface area contributed by atoms with E-state index >= 15 is 0 Å². The lowest BCUT2D eigenvalue weighted by molar-refractivity contribution is 0.318. The molecule has 3 rings (SSSR count). The van der Waals surface area contributed by atoms with Crippen LogP contribution in [0.4, 0.5) is 0 Å². The second kappa shape index (κ2) is 8.56.